The van der Waals surface area contributed by atoms with Crippen molar-refractivity contribution < 1.29 is 4.42 Å². The highest BCUT2D eigenvalue weighted by atomic mass is 16.3. The van der Waals surface area contributed by atoms with E-state index in [9.17, 15) is 0 Å². The summed E-state index contributed by atoms with van der Waals surface area (Å²) in [6, 6.07) is 6.08. The number of H-pyrrole nitrogens is 1. The number of aryl methyl sites for hydroxylation is 2. The molecule has 0 saturated heterocycles. The molecule has 0 radical (unpaired) electrons. The highest BCUT2D eigenvalue weighted by Gasteiger charge is 2.28. The summed E-state index contributed by atoms with van der Waals surface area (Å²) in [7, 11) is 0. The normalized spacial score (nSPS) is 14.8. The van der Waals surface area contributed by atoms with Gasteiger partial charge in [-0.25, -0.2) is 4.98 Å². The molecule has 1 saturated carbocycles. The summed E-state index contributed by atoms with van der Waals surface area (Å²) in [5, 5.41) is 10.7. The fourth-order valence-electron chi connectivity index (χ4n) is 2.59. The minimum absolute atomic E-state index is 0.546. The van der Waals surface area contributed by atoms with Gasteiger partial charge in [0, 0.05) is 29.4 Å². The van der Waals surface area contributed by atoms with Crippen LogP contribution >= 0.6 is 0 Å². The average Bonchev–Trinajstić information content (AvgIpc) is 3.17. The predicted octanol–water partition coefficient (Wildman–Crippen LogP) is 3.66. The van der Waals surface area contributed by atoms with Crippen LogP contribution in [0.2, 0.25) is 0 Å². The van der Waals surface area contributed by atoms with Gasteiger partial charge < -0.3 is 9.73 Å². The van der Waals surface area contributed by atoms with Crippen molar-refractivity contribution in [2.24, 2.45) is 0 Å². The Bertz CT molecular complexity index is 778. The smallest absolute Gasteiger partial charge is 0.198 e. The number of fused-ring (bicyclic) bond motifs is 1. The molecule has 21 heavy (non-hydrogen) atoms. The Kier molecular flexibility index (Phi) is 2.74. The van der Waals surface area contributed by atoms with E-state index in [1.165, 1.54) is 18.4 Å². The van der Waals surface area contributed by atoms with Gasteiger partial charge in [0.25, 0.3) is 0 Å². The van der Waals surface area contributed by atoms with E-state index in [1.807, 2.05) is 26.0 Å². The number of nitrogens with one attached hydrogen (secondary N) is 2. The lowest BCUT2D eigenvalue weighted by atomic mass is 10.2. The zero-order valence-electron chi connectivity index (χ0n) is 12.2. The van der Waals surface area contributed by atoms with Gasteiger partial charge in [0.05, 0.1) is 5.69 Å². The van der Waals surface area contributed by atoms with E-state index < -0.39 is 0 Å². The van der Waals surface area contributed by atoms with Crippen LogP contribution in [0.1, 0.15) is 41.6 Å². The highest BCUT2D eigenvalue weighted by Crippen LogP contribution is 2.40. The van der Waals surface area contributed by atoms with Gasteiger partial charge in [0.15, 0.2) is 11.5 Å². The maximum atomic E-state index is 5.78. The van der Waals surface area contributed by atoms with Gasteiger partial charge in [-0.2, -0.15) is 5.10 Å². The fourth-order valence-corrected chi connectivity index (χ4v) is 2.59. The second-order valence-corrected chi connectivity index (χ2v) is 5.78. The Balaban J connectivity index is 1.56. The molecule has 0 bridgehead atoms. The third kappa shape index (κ3) is 2.28. The van der Waals surface area contributed by atoms with Crippen molar-refractivity contribution in [1.82, 2.24) is 15.2 Å². The first-order valence-corrected chi connectivity index (χ1v) is 7.35. The molecule has 2 aromatic heterocycles. The van der Waals surface area contributed by atoms with E-state index in [-0.39, 0.29) is 0 Å². The Hall–Kier alpha value is -2.30. The molecule has 2 heterocycles. The van der Waals surface area contributed by atoms with E-state index >= 15 is 0 Å². The van der Waals surface area contributed by atoms with E-state index in [0.717, 1.165) is 40.6 Å². The lowest BCUT2D eigenvalue weighted by Crippen LogP contribution is -2.01. The van der Waals surface area contributed by atoms with Crippen LogP contribution in [0.3, 0.4) is 0 Å². The van der Waals surface area contributed by atoms with Crippen LogP contribution in [0.15, 0.2) is 22.6 Å². The number of benzene rings is 1. The summed E-state index contributed by atoms with van der Waals surface area (Å²) in [6.45, 7) is 4.82. The zero-order valence-corrected chi connectivity index (χ0v) is 12.2. The molecule has 5 nitrogen and oxygen atoms in total. The lowest BCUT2D eigenvalue weighted by molar-refractivity contribution is 0.533. The quantitative estimate of drug-likeness (QED) is 0.766. The zero-order chi connectivity index (χ0) is 14.4. The minimum atomic E-state index is 0.546. The molecule has 0 atom stereocenters. The van der Waals surface area contributed by atoms with Gasteiger partial charge in [-0.3, -0.25) is 5.10 Å². The Morgan fingerprint density at radius 1 is 1.33 bits per heavy atom. The standard InChI is InChI=1S/C16H18N4O/c1-9-13(10(2)20-19-9)8-17-12-5-6-15-14(7-12)18-16(21-15)11-3-4-11/h5-7,11,17H,3-4,8H2,1-2H3,(H,19,20). The number of oxazole rings is 1. The first kappa shape index (κ1) is 12.4. The molecular weight excluding hydrogens is 264 g/mol. The number of rotatable bonds is 4. The molecule has 0 amide bonds. The third-order valence-electron chi connectivity index (χ3n) is 4.08. The number of nitrogens with zero attached hydrogens (tertiary/aromatic N) is 2. The summed E-state index contributed by atoms with van der Waals surface area (Å²) in [5.41, 5.74) is 6.23. The topological polar surface area (TPSA) is 66.7 Å². The predicted molar refractivity (Wildman–Crippen MR) is 81.4 cm³/mol. The van der Waals surface area contributed by atoms with Crippen molar-refractivity contribution in [3.8, 4) is 0 Å². The average molecular weight is 282 g/mol. The van der Waals surface area contributed by atoms with Crippen molar-refractivity contribution in [3.05, 3.63) is 41.0 Å². The Labute approximate surface area is 122 Å². The summed E-state index contributed by atoms with van der Waals surface area (Å²) >= 11 is 0. The molecule has 1 aliphatic rings. The number of aromatic nitrogens is 3. The van der Waals surface area contributed by atoms with Crippen LogP contribution in [0.25, 0.3) is 11.1 Å². The van der Waals surface area contributed by atoms with E-state index in [2.05, 4.69) is 26.6 Å². The van der Waals surface area contributed by atoms with Crippen molar-refractivity contribution in [1.29, 1.82) is 0 Å². The molecule has 108 valence electrons. The lowest BCUT2D eigenvalue weighted by Gasteiger charge is -2.06. The van der Waals surface area contributed by atoms with Crippen molar-refractivity contribution in [2.45, 2.75) is 39.2 Å². The Morgan fingerprint density at radius 3 is 2.90 bits per heavy atom. The maximum absolute atomic E-state index is 5.78. The summed E-state index contributed by atoms with van der Waals surface area (Å²) < 4.78 is 5.78. The van der Waals surface area contributed by atoms with E-state index in [1.54, 1.807) is 0 Å². The van der Waals surface area contributed by atoms with Gasteiger partial charge in [-0.1, -0.05) is 0 Å². The molecule has 4 rings (SSSR count). The summed E-state index contributed by atoms with van der Waals surface area (Å²) in [6.07, 6.45) is 2.41. The van der Waals surface area contributed by atoms with Gasteiger partial charge in [0.2, 0.25) is 0 Å². The number of hydrogen-bond donors (Lipinski definition) is 2. The number of aromatic amines is 1. The van der Waals surface area contributed by atoms with Gasteiger partial charge >= 0.3 is 0 Å². The van der Waals surface area contributed by atoms with Crippen LogP contribution < -0.4 is 5.32 Å². The Morgan fingerprint density at radius 2 is 2.19 bits per heavy atom. The van der Waals surface area contributed by atoms with E-state index in [0.29, 0.717) is 5.92 Å². The van der Waals surface area contributed by atoms with Crippen molar-refractivity contribution >= 4 is 16.8 Å². The fraction of sp³-hybridized carbons (Fsp3) is 0.375. The highest BCUT2D eigenvalue weighted by molar-refractivity contribution is 5.77. The van der Waals surface area contributed by atoms with Gasteiger partial charge in [-0.05, 0) is 44.9 Å². The summed E-state index contributed by atoms with van der Waals surface area (Å²) in [4.78, 5) is 4.59. The summed E-state index contributed by atoms with van der Waals surface area (Å²) in [5.74, 6) is 1.44. The second kappa shape index (κ2) is 4.62. The second-order valence-electron chi connectivity index (χ2n) is 5.78. The molecule has 0 spiro atoms. The first-order valence-electron chi connectivity index (χ1n) is 7.35. The molecule has 5 heteroatoms. The van der Waals surface area contributed by atoms with Gasteiger partial charge in [0.1, 0.15) is 5.52 Å². The van der Waals surface area contributed by atoms with Crippen LogP contribution in [0.4, 0.5) is 5.69 Å². The molecule has 0 aliphatic heterocycles. The molecule has 1 aromatic carbocycles. The van der Waals surface area contributed by atoms with Crippen LogP contribution in [0, 0.1) is 13.8 Å². The van der Waals surface area contributed by atoms with Crippen LogP contribution in [-0.2, 0) is 6.54 Å². The van der Waals surface area contributed by atoms with Crippen molar-refractivity contribution in [2.75, 3.05) is 5.32 Å². The molecule has 3 aromatic rings. The largest absolute Gasteiger partial charge is 0.440 e. The van der Waals surface area contributed by atoms with Crippen LogP contribution in [0.5, 0.6) is 0 Å². The molecule has 0 unspecified atom stereocenters. The molecule has 1 aliphatic carbocycles. The molecule has 2 N–H and O–H groups in total. The van der Waals surface area contributed by atoms with Crippen molar-refractivity contribution in [3.63, 3.8) is 0 Å². The van der Waals surface area contributed by atoms with Crippen LogP contribution in [-0.4, -0.2) is 15.2 Å². The molecular formula is C16H18N4O. The monoisotopic (exact) mass is 282 g/mol. The SMILES string of the molecule is Cc1n[nH]c(C)c1CNc1ccc2oc(C3CC3)nc2c1. The van der Waals surface area contributed by atoms with E-state index in [4.69, 9.17) is 4.42 Å². The first-order chi connectivity index (χ1) is 10.2. The minimum Gasteiger partial charge on any atom is -0.440 e. The van der Waals surface area contributed by atoms with Gasteiger partial charge in [-0.15, -0.1) is 0 Å². The third-order valence-corrected chi connectivity index (χ3v) is 4.08. The maximum Gasteiger partial charge on any atom is 0.198 e. The molecule has 1 fully saturated rings. The number of anilines is 1. The number of hydrogen-bond acceptors (Lipinski definition) is 4.